The van der Waals surface area contributed by atoms with E-state index in [1.165, 1.54) is 31.2 Å². The zero-order chi connectivity index (χ0) is 21.2. The van der Waals surface area contributed by atoms with Crippen LogP contribution in [0.3, 0.4) is 0 Å². The molecule has 0 saturated carbocycles. The van der Waals surface area contributed by atoms with Gasteiger partial charge in [-0.05, 0) is 76.1 Å². The van der Waals surface area contributed by atoms with Gasteiger partial charge in [-0.3, -0.25) is 9.79 Å². The van der Waals surface area contributed by atoms with Crippen molar-refractivity contribution in [2.24, 2.45) is 22.6 Å². The Morgan fingerprint density at radius 2 is 1.77 bits per heavy atom. The van der Waals surface area contributed by atoms with Gasteiger partial charge in [0.15, 0.2) is 5.96 Å². The van der Waals surface area contributed by atoms with Crippen LogP contribution in [0.15, 0.2) is 35.3 Å². The van der Waals surface area contributed by atoms with E-state index in [1.54, 1.807) is 0 Å². The first-order valence-electron chi connectivity index (χ1n) is 11.7. The summed E-state index contributed by atoms with van der Waals surface area (Å²) in [6.07, 6.45) is 7.80. The van der Waals surface area contributed by atoms with Crippen molar-refractivity contribution < 1.29 is 4.79 Å². The van der Waals surface area contributed by atoms with Crippen LogP contribution < -0.4 is 11.1 Å². The van der Waals surface area contributed by atoms with Crippen LogP contribution in [0.4, 0.5) is 0 Å². The minimum Gasteiger partial charge on any atom is -0.369 e. The summed E-state index contributed by atoms with van der Waals surface area (Å²) >= 11 is 0. The predicted molar refractivity (Wildman–Crippen MR) is 123 cm³/mol. The SMILES string of the molecule is CN=C(NCCCCN1CCC(C(N)=O)CC1)N1CCC(Cc2ccccc2)CC1. The number of rotatable bonds is 8. The summed E-state index contributed by atoms with van der Waals surface area (Å²) < 4.78 is 0. The monoisotopic (exact) mass is 413 g/mol. The van der Waals surface area contributed by atoms with E-state index in [9.17, 15) is 4.79 Å². The van der Waals surface area contributed by atoms with Gasteiger partial charge in [-0.25, -0.2) is 0 Å². The summed E-state index contributed by atoms with van der Waals surface area (Å²) in [7, 11) is 1.89. The van der Waals surface area contributed by atoms with Crippen molar-refractivity contribution in [1.82, 2.24) is 15.1 Å². The molecular formula is C24H39N5O. The number of nitrogens with one attached hydrogen (secondary N) is 1. The molecule has 6 nitrogen and oxygen atoms in total. The zero-order valence-electron chi connectivity index (χ0n) is 18.6. The summed E-state index contributed by atoms with van der Waals surface area (Å²) in [4.78, 5) is 20.7. The van der Waals surface area contributed by atoms with Gasteiger partial charge in [-0.1, -0.05) is 30.3 Å². The largest absolute Gasteiger partial charge is 0.369 e. The smallest absolute Gasteiger partial charge is 0.220 e. The molecule has 0 aromatic heterocycles. The van der Waals surface area contributed by atoms with Gasteiger partial charge < -0.3 is 20.9 Å². The van der Waals surface area contributed by atoms with Crippen LogP contribution in [-0.4, -0.2) is 68.0 Å². The average Bonchev–Trinajstić information content (AvgIpc) is 2.78. The van der Waals surface area contributed by atoms with Crippen LogP contribution in [0.25, 0.3) is 0 Å². The van der Waals surface area contributed by atoms with Crippen LogP contribution >= 0.6 is 0 Å². The molecule has 166 valence electrons. The standard InChI is InChI=1S/C24H39N5O/c1-26-24(27-13-5-6-14-28-15-11-22(12-16-28)23(25)30)29-17-9-21(10-18-29)19-20-7-3-2-4-8-20/h2-4,7-8,21-22H,5-6,9-19H2,1H3,(H2,25,30)(H,26,27). The van der Waals surface area contributed by atoms with E-state index in [4.69, 9.17) is 5.73 Å². The van der Waals surface area contributed by atoms with Gasteiger partial charge >= 0.3 is 0 Å². The number of guanidine groups is 1. The van der Waals surface area contributed by atoms with Crippen LogP contribution in [0, 0.1) is 11.8 Å². The lowest BCUT2D eigenvalue weighted by atomic mass is 9.90. The molecule has 3 rings (SSSR count). The van der Waals surface area contributed by atoms with Crippen molar-refractivity contribution in [3.8, 4) is 0 Å². The number of carbonyl (C=O) groups is 1. The normalized spacial score (nSPS) is 19.8. The van der Waals surface area contributed by atoms with Crippen molar-refractivity contribution in [3.63, 3.8) is 0 Å². The Kier molecular flexibility index (Phi) is 9.00. The number of piperidine rings is 2. The topological polar surface area (TPSA) is 74.0 Å². The average molecular weight is 414 g/mol. The highest BCUT2D eigenvalue weighted by Gasteiger charge is 2.23. The highest BCUT2D eigenvalue weighted by molar-refractivity contribution is 5.79. The number of aliphatic imine (C=N–C) groups is 1. The van der Waals surface area contributed by atoms with Crippen LogP contribution in [0.1, 0.15) is 44.1 Å². The molecule has 0 radical (unpaired) electrons. The summed E-state index contributed by atoms with van der Waals surface area (Å²) in [5.41, 5.74) is 6.87. The third-order valence-electron chi connectivity index (χ3n) is 6.67. The number of benzene rings is 1. The molecule has 2 heterocycles. The molecule has 0 spiro atoms. The highest BCUT2D eigenvalue weighted by Crippen LogP contribution is 2.21. The summed E-state index contributed by atoms with van der Waals surface area (Å²) in [6.45, 7) is 6.25. The van der Waals surface area contributed by atoms with Gasteiger partial charge in [0.2, 0.25) is 5.91 Å². The number of amides is 1. The number of nitrogens with zero attached hydrogens (tertiary/aromatic N) is 3. The Balaban J connectivity index is 1.28. The molecule has 0 aliphatic carbocycles. The summed E-state index contributed by atoms with van der Waals surface area (Å²) in [5.74, 6) is 1.79. The molecule has 2 aliphatic heterocycles. The Hall–Kier alpha value is -2.08. The molecular weight excluding hydrogens is 374 g/mol. The van der Waals surface area contributed by atoms with Gasteiger partial charge in [-0.2, -0.15) is 0 Å². The fourth-order valence-corrected chi connectivity index (χ4v) is 4.73. The minimum absolute atomic E-state index is 0.0862. The number of primary amides is 1. The van der Waals surface area contributed by atoms with Crippen molar-refractivity contribution >= 4 is 11.9 Å². The molecule has 30 heavy (non-hydrogen) atoms. The van der Waals surface area contributed by atoms with Gasteiger partial charge in [0.25, 0.3) is 0 Å². The number of hydrogen-bond acceptors (Lipinski definition) is 3. The second-order valence-electron chi connectivity index (χ2n) is 8.82. The van der Waals surface area contributed by atoms with Crippen molar-refractivity contribution in [2.45, 2.75) is 44.9 Å². The Bertz CT molecular complexity index is 661. The Labute approximate surface area is 181 Å². The third kappa shape index (κ3) is 7.01. The molecule has 1 amide bonds. The van der Waals surface area contributed by atoms with Gasteiger partial charge in [0.05, 0.1) is 0 Å². The maximum atomic E-state index is 11.3. The first kappa shape index (κ1) is 22.6. The third-order valence-corrected chi connectivity index (χ3v) is 6.67. The number of likely N-dealkylation sites (tertiary alicyclic amines) is 2. The quantitative estimate of drug-likeness (QED) is 0.390. The fraction of sp³-hybridized carbons (Fsp3) is 0.667. The molecule has 0 bridgehead atoms. The van der Waals surface area contributed by atoms with E-state index in [2.05, 4.69) is 50.4 Å². The van der Waals surface area contributed by atoms with Crippen molar-refractivity contribution in [1.29, 1.82) is 0 Å². The van der Waals surface area contributed by atoms with Crippen molar-refractivity contribution in [2.75, 3.05) is 46.3 Å². The van der Waals surface area contributed by atoms with E-state index in [0.29, 0.717) is 0 Å². The zero-order valence-corrected chi connectivity index (χ0v) is 18.6. The van der Waals surface area contributed by atoms with E-state index in [-0.39, 0.29) is 11.8 Å². The summed E-state index contributed by atoms with van der Waals surface area (Å²) in [6, 6.07) is 10.9. The lowest BCUT2D eigenvalue weighted by Crippen LogP contribution is -2.46. The molecule has 0 atom stereocenters. The van der Waals surface area contributed by atoms with E-state index in [1.807, 2.05) is 7.05 Å². The molecule has 2 saturated heterocycles. The van der Waals surface area contributed by atoms with Crippen molar-refractivity contribution in [3.05, 3.63) is 35.9 Å². The van der Waals surface area contributed by atoms with E-state index in [0.717, 1.165) is 70.4 Å². The van der Waals surface area contributed by atoms with E-state index >= 15 is 0 Å². The second kappa shape index (κ2) is 11.9. The molecule has 6 heteroatoms. The lowest BCUT2D eigenvalue weighted by Gasteiger charge is -2.34. The number of nitrogens with two attached hydrogens (primary N) is 1. The molecule has 1 aromatic carbocycles. The lowest BCUT2D eigenvalue weighted by molar-refractivity contribution is -0.123. The van der Waals surface area contributed by atoms with Crippen LogP contribution in [0.2, 0.25) is 0 Å². The minimum atomic E-state index is -0.130. The molecule has 2 fully saturated rings. The predicted octanol–water partition coefficient (Wildman–Crippen LogP) is 2.49. The first-order valence-corrected chi connectivity index (χ1v) is 11.7. The van der Waals surface area contributed by atoms with Gasteiger partial charge in [-0.15, -0.1) is 0 Å². The molecule has 2 aliphatic rings. The highest BCUT2D eigenvalue weighted by atomic mass is 16.1. The van der Waals surface area contributed by atoms with Crippen LogP contribution in [0.5, 0.6) is 0 Å². The number of carbonyl (C=O) groups excluding carboxylic acids is 1. The maximum Gasteiger partial charge on any atom is 0.220 e. The Morgan fingerprint density at radius 3 is 2.40 bits per heavy atom. The Morgan fingerprint density at radius 1 is 1.07 bits per heavy atom. The maximum absolute atomic E-state index is 11.3. The van der Waals surface area contributed by atoms with E-state index < -0.39 is 0 Å². The molecule has 0 unspecified atom stereocenters. The summed E-state index contributed by atoms with van der Waals surface area (Å²) in [5, 5.41) is 3.56. The second-order valence-corrected chi connectivity index (χ2v) is 8.82. The van der Waals surface area contributed by atoms with Gasteiger partial charge in [0, 0.05) is 32.6 Å². The first-order chi connectivity index (χ1) is 14.7. The number of unbranched alkanes of at least 4 members (excludes halogenated alkanes) is 1. The molecule has 3 N–H and O–H groups in total. The van der Waals surface area contributed by atoms with Gasteiger partial charge in [0.1, 0.15) is 0 Å². The fourth-order valence-electron chi connectivity index (χ4n) is 4.73. The molecule has 1 aromatic rings. The number of hydrogen-bond donors (Lipinski definition) is 2. The van der Waals surface area contributed by atoms with Crippen LogP contribution in [-0.2, 0) is 11.2 Å².